The summed E-state index contributed by atoms with van der Waals surface area (Å²) >= 11 is 0. The Bertz CT molecular complexity index is 262. The van der Waals surface area contributed by atoms with Crippen molar-refractivity contribution in [1.29, 1.82) is 0 Å². The first-order valence-corrected chi connectivity index (χ1v) is 8.17. The van der Waals surface area contributed by atoms with Crippen molar-refractivity contribution < 1.29 is 0 Å². The third kappa shape index (κ3) is 4.92. The molecule has 0 spiro atoms. The fourth-order valence-electron chi connectivity index (χ4n) is 3.12. The van der Waals surface area contributed by atoms with E-state index in [9.17, 15) is 0 Å². The summed E-state index contributed by atoms with van der Waals surface area (Å²) in [4.78, 5) is 2.70. The molecule has 0 bridgehead atoms. The topological polar surface area (TPSA) is 15.3 Å². The highest BCUT2D eigenvalue weighted by molar-refractivity contribution is 5.04. The number of likely N-dealkylation sites (N-methyl/N-ethyl adjacent to an activating group) is 1. The number of rotatable bonds is 7. The molecule has 0 radical (unpaired) electrons. The van der Waals surface area contributed by atoms with Gasteiger partial charge in [-0.05, 0) is 59.2 Å². The molecule has 0 aromatic heterocycles. The lowest BCUT2D eigenvalue weighted by molar-refractivity contribution is 0.0838. The van der Waals surface area contributed by atoms with Crippen LogP contribution in [0.1, 0.15) is 66.2 Å². The smallest absolute Gasteiger partial charge is 0.0309 e. The SMILES string of the molecule is C=C(CC)CC(NCC)C(C)(C)N1CCCCCC1. The van der Waals surface area contributed by atoms with Gasteiger partial charge in [0.15, 0.2) is 0 Å². The molecule has 0 aliphatic carbocycles. The van der Waals surface area contributed by atoms with Gasteiger partial charge < -0.3 is 5.32 Å². The fraction of sp³-hybridized carbons (Fsp3) is 0.882. The van der Waals surface area contributed by atoms with Crippen molar-refractivity contribution >= 4 is 0 Å². The van der Waals surface area contributed by atoms with Gasteiger partial charge in [-0.15, -0.1) is 0 Å². The Hall–Kier alpha value is -0.340. The summed E-state index contributed by atoms with van der Waals surface area (Å²) in [5, 5.41) is 3.70. The highest BCUT2D eigenvalue weighted by Gasteiger charge is 2.34. The first-order chi connectivity index (χ1) is 9.02. The van der Waals surface area contributed by atoms with Gasteiger partial charge in [0, 0.05) is 11.6 Å². The standard InChI is InChI=1S/C17H34N2/c1-6-15(3)14-16(18-7-2)17(4,5)19-12-10-8-9-11-13-19/h16,18H,3,6-14H2,1-2,4-5H3. The van der Waals surface area contributed by atoms with E-state index in [1.165, 1.54) is 44.3 Å². The van der Waals surface area contributed by atoms with Gasteiger partial charge in [0.2, 0.25) is 0 Å². The van der Waals surface area contributed by atoms with E-state index in [-0.39, 0.29) is 5.54 Å². The number of hydrogen-bond acceptors (Lipinski definition) is 2. The predicted octanol–water partition coefficient (Wildman–Crippen LogP) is 3.98. The summed E-state index contributed by atoms with van der Waals surface area (Å²) < 4.78 is 0. The minimum Gasteiger partial charge on any atom is -0.312 e. The van der Waals surface area contributed by atoms with Crippen molar-refractivity contribution in [2.75, 3.05) is 19.6 Å². The normalized spacial score (nSPS) is 20.0. The van der Waals surface area contributed by atoms with Gasteiger partial charge in [-0.3, -0.25) is 4.90 Å². The van der Waals surface area contributed by atoms with E-state index in [4.69, 9.17) is 0 Å². The van der Waals surface area contributed by atoms with Crippen LogP contribution in [0.5, 0.6) is 0 Å². The number of likely N-dealkylation sites (tertiary alicyclic amines) is 1. The van der Waals surface area contributed by atoms with Crippen LogP contribution in [0, 0.1) is 0 Å². The lowest BCUT2D eigenvalue weighted by Gasteiger charge is -2.44. The van der Waals surface area contributed by atoms with E-state index in [1.54, 1.807) is 0 Å². The molecule has 19 heavy (non-hydrogen) atoms. The van der Waals surface area contributed by atoms with Crippen LogP contribution >= 0.6 is 0 Å². The van der Waals surface area contributed by atoms with Crippen molar-refractivity contribution in [1.82, 2.24) is 10.2 Å². The van der Waals surface area contributed by atoms with Crippen molar-refractivity contribution in [3.05, 3.63) is 12.2 Å². The maximum atomic E-state index is 4.21. The molecular weight excluding hydrogens is 232 g/mol. The highest BCUT2D eigenvalue weighted by atomic mass is 15.2. The molecule has 1 saturated heterocycles. The van der Waals surface area contributed by atoms with Gasteiger partial charge in [0.05, 0.1) is 0 Å². The minimum absolute atomic E-state index is 0.221. The Kier molecular flexibility index (Phi) is 7.09. The second-order valence-electron chi connectivity index (χ2n) is 6.47. The molecule has 1 aliphatic heterocycles. The molecule has 0 amide bonds. The van der Waals surface area contributed by atoms with Crippen molar-refractivity contribution in [3.8, 4) is 0 Å². The molecule has 1 rings (SSSR count). The summed E-state index contributed by atoms with van der Waals surface area (Å²) in [5.74, 6) is 0. The van der Waals surface area contributed by atoms with E-state index < -0.39 is 0 Å². The summed E-state index contributed by atoms with van der Waals surface area (Å²) in [7, 11) is 0. The average Bonchev–Trinajstić information content (AvgIpc) is 2.67. The minimum atomic E-state index is 0.221. The number of nitrogens with zero attached hydrogens (tertiary/aromatic N) is 1. The molecule has 2 heteroatoms. The molecule has 2 nitrogen and oxygen atoms in total. The lowest BCUT2D eigenvalue weighted by atomic mass is 9.86. The Balaban J connectivity index is 2.74. The monoisotopic (exact) mass is 266 g/mol. The molecule has 112 valence electrons. The van der Waals surface area contributed by atoms with Crippen LogP contribution in [0.25, 0.3) is 0 Å². The van der Waals surface area contributed by atoms with Crippen molar-refractivity contribution in [2.24, 2.45) is 0 Å². The average molecular weight is 266 g/mol. The maximum Gasteiger partial charge on any atom is 0.0309 e. The lowest BCUT2D eigenvalue weighted by Crippen LogP contribution is -2.58. The zero-order chi connectivity index (χ0) is 14.3. The molecule has 0 aromatic carbocycles. The van der Waals surface area contributed by atoms with Gasteiger partial charge in [0.1, 0.15) is 0 Å². The molecule has 1 unspecified atom stereocenters. The molecular formula is C17H34N2. The van der Waals surface area contributed by atoms with Crippen LogP contribution in [0.4, 0.5) is 0 Å². The predicted molar refractivity (Wildman–Crippen MR) is 85.6 cm³/mol. The summed E-state index contributed by atoms with van der Waals surface area (Å²) in [6, 6.07) is 0.517. The maximum absolute atomic E-state index is 4.21. The summed E-state index contributed by atoms with van der Waals surface area (Å²) in [5.41, 5.74) is 1.59. The Morgan fingerprint density at radius 2 is 1.74 bits per heavy atom. The van der Waals surface area contributed by atoms with E-state index in [0.29, 0.717) is 6.04 Å². The third-order valence-electron chi connectivity index (χ3n) is 4.72. The third-order valence-corrected chi connectivity index (χ3v) is 4.72. The van der Waals surface area contributed by atoms with Gasteiger partial charge in [-0.2, -0.15) is 0 Å². The molecule has 1 N–H and O–H groups in total. The second-order valence-corrected chi connectivity index (χ2v) is 6.47. The molecule has 1 heterocycles. The second kappa shape index (κ2) is 8.06. The fourth-order valence-corrected chi connectivity index (χ4v) is 3.12. The zero-order valence-electron chi connectivity index (χ0n) is 13.6. The highest BCUT2D eigenvalue weighted by Crippen LogP contribution is 2.27. The number of hydrogen-bond donors (Lipinski definition) is 1. The van der Waals surface area contributed by atoms with Crippen LogP contribution in [-0.2, 0) is 0 Å². The first-order valence-electron chi connectivity index (χ1n) is 8.17. The van der Waals surface area contributed by atoms with E-state index in [2.05, 4.69) is 44.5 Å². The quantitative estimate of drug-likeness (QED) is 0.701. The van der Waals surface area contributed by atoms with E-state index in [1.807, 2.05) is 0 Å². The van der Waals surface area contributed by atoms with E-state index >= 15 is 0 Å². The Morgan fingerprint density at radius 1 is 1.16 bits per heavy atom. The largest absolute Gasteiger partial charge is 0.312 e. The summed E-state index contributed by atoms with van der Waals surface area (Å²) in [6.07, 6.45) is 7.72. The van der Waals surface area contributed by atoms with Gasteiger partial charge in [-0.25, -0.2) is 0 Å². The zero-order valence-corrected chi connectivity index (χ0v) is 13.6. The van der Waals surface area contributed by atoms with Crippen LogP contribution in [-0.4, -0.2) is 36.1 Å². The Morgan fingerprint density at radius 3 is 2.21 bits per heavy atom. The van der Waals surface area contributed by atoms with Crippen LogP contribution in [0.15, 0.2) is 12.2 Å². The van der Waals surface area contributed by atoms with E-state index in [0.717, 1.165) is 19.4 Å². The molecule has 1 aliphatic rings. The van der Waals surface area contributed by atoms with Crippen molar-refractivity contribution in [3.63, 3.8) is 0 Å². The Labute approximate surface area is 120 Å². The van der Waals surface area contributed by atoms with Crippen LogP contribution in [0.3, 0.4) is 0 Å². The summed E-state index contributed by atoms with van der Waals surface area (Å²) in [6.45, 7) is 17.0. The molecule has 1 fully saturated rings. The molecule has 0 aromatic rings. The van der Waals surface area contributed by atoms with Gasteiger partial charge >= 0.3 is 0 Å². The van der Waals surface area contributed by atoms with Gasteiger partial charge in [-0.1, -0.05) is 38.8 Å². The van der Waals surface area contributed by atoms with Crippen LogP contribution in [0.2, 0.25) is 0 Å². The van der Waals surface area contributed by atoms with Crippen molar-refractivity contribution in [2.45, 2.75) is 77.8 Å². The molecule has 0 saturated carbocycles. The molecule has 1 atom stereocenters. The van der Waals surface area contributed by atoms with Crippen LogP contribution < -0.4 is 5.32 Å². The number of nitrogens with one attached hydrogen (secondary N) is 1. The first kappa shape index (κ1) is 16.7. The van der Waals surface area contributed by atoms with Gasteiger partial charge in [0.25, 0.3) is 0 Å².